The monoisotopic (exact) mass is 451 g/mol. The van der Waals surface area contributed by atoms with Crippen molar-refractivity contribution in [2.45, 2.75) is 39.7 Å². The molecular formula is C26H27F2N3O2. The number of benzene rings is 2. The van der Waals surface area contributed by atoms with E-state index < -0.39 is 5.82 Å². The molecule has 7 heteroatoms. The Balaban J connectivity index is 1.25. The van der Waals surface area contributed by atoms with Crippen LogP contribution in [0.15, 0.2) is 42.5 Å². The van der Waals surface area contributed by atoms with Crippen molar-refractivity contribution in [1.82, 2.24) is 14.7 Å². The minimum Gasteiger partial charge on any atom is -0.493 e. The Morgan fingerprint density at radius 1 is 1.09 bits per heavy atom. The molecule has 2 aliphatic rings. The molecule has 1 aliphatic carbocycles. The maximum Gasteiger partial charge on any atom is 0.257 e. The molecule has 0 N–H and O–H groups in total. The number of amides is 1. The second-order valence-electron chi connectivity index (χ2n) is 9.37. The van der Waals surface area contributed by atoms with Gasteiger partial charge in [0, 0.05) is 35.8 Å². The Labute approximate surface area is 192 Å². The molecular weight excluding hydrogens is 424 g/mol. The van der Waals surface area contributed by atoms with Gasteiger partial charge < -0.3 is 9.64 Å². The quantitative estimate of drug-likeness (QED) is 0.527. The zero-order valence-electron chi connectivity index (χ0n) is 19.1. The molecule has 1 saturated carbocycles. The summed E-state index contributed by atoms with van der Waals surface area (Å²) >= 11 is 0. The van der Waals surface area contributed by atoms with E-state index in [-0.39, 0.29) is 23.2 Å². The van der Waals surface area contributed by atoms with E-state index in [4.69, 9.17) is 9.84 Å². The lowest BCUT2D eigenvalue weighted by Crippen LogP contribution is -2.63. The van der Waals surface area contributed by atoms with Crippen LogP contribution in [0.4, 0.5) is 8.78 Å². The van der Waals surface area contributed by atoms with Gasteiger partial charge in [-0.3, -0.25) is 9.48 Å². The SMILES string of the molecule is CCOc1cc(F)ccc1C(=O)N1CC2(CC(n3nc(-c4cc(F)ccc4C)cc3C)C2)C1. The van der Waals surface area contributed by atoms with Crippen LogP contribution in [-0.4, -0.2) is 40.3 Å². The molecule has 2 heterocycles. The summed E-state index contributed by atoms with van der Waals surface area (Å²) in [6.45, 7) is 7.53. The predicted molar refractivity (Wildman–Crippen MR) is 121 cm³/mol. The van der Waals surface area contributed by atoms with Crippen molar-refractivity contribution in [2.75, 3.05) is 19.7 Å². The molecule has 0 atom stereocenters. The molecule has 3 aromatic rings. The maximum absolute atomic E-state index is 13.8. The lowest BCUT2D eigenvalue weighted by Gasteiger charge is -2.59. The summed E-state index contributed by atoms with van der Waals surface area (Å²) in [4.78, 5) is 14.8. The van der Waals surface area contributed by atoms with Gasteiger partial charge in [0.15, 0.2) is 0 Å². The number of nitrogens with zero attached hydrogens (tertiary/aromatic N) is 3. The Bertz CT molecular complexity index is 1220. The molecule has 2 fully saturated rings. The minimum absolute atomic E-state index is 0.111. The zero-order valence-corrected chi connectivity index (χ0v) is 19.1. The number of hydrogen-bond donors (Lipinski definition) is 0. The standard InChI is InChI=1S/C26H27F2N3O2/c1-4-33-24-11-19(28)7-8-21(24)25(32)30-14-26(15-30)12-20(13-26)31-17(3)9-23(29-31)22-10-18(27)6-5-16(22)2/h5-11,20H,4,12-15H2,1-3H3. The molecule has 0 unspecified atom stereocenters. The zero-order chi connectivity index (χ0) is 23.3. The molecule has 1 aromatic heterocycles. The number of carbonyl (C=O) groups excluding carboxylic acids is 1. The number of halogens is 2. The van der Waals surface area contributed by atoms with Crippen molar-refractivity contribution < 1.29 is 18.3 Å². The average molecular weight is 452 g/mol. The van der Waals surface area contributed by atoms with Gasteiger partial charge in [0.05, 0.1) is 23.9 Å². The number of rotatable bonds is 5. The molecule has 5 rings (SSSR count). The van der Waals surface area contributed by atoms with Crippen molar-refractivity contribution in [2.24, 2.45) is 5.41 Å². The summed E-state index contributed by atoms with van der Waals surface area (Å²) < 4.78 is 34.8. The molecule has 33 heavy (non-hydrogen) atoms. The van der Waals surface area contributed by atoms with Crippen LogP contribution in [0.1, 0.15) is 47.4 Å². The van der Waals surface area contributed by atoms with E-state index in [9.17, 15) is 13.6 Å². The number of aryl methyl sites for hydroxylation is 2. The van der Waals surface area contributed by atoms with Crippen LogP contribution in [0.3, 0.4) is 0 Å². The second kappa shape index (κ2) is 7.97. The van der Waals surface area contributed by atoms with E-state index >= 15 is 0 Å². The normalized spacial score (nSPS) is 17.1. The van der Waals surface area contributed by atoms with Crippen LogP contribution in [0.5, 0.6) is 5.75 Å². The van der Waals surface area contributed by atoms with Crippen LogP contribution >= 0.6 is 0 Å². The summed E-state index contributed by atoms with van der Waals surface area (Å²) in [5.41, 5.74) is 4.16. The van der Waals surface area contributed by atoms with E-state index in [0.29, 0.717) is 31.0 Å². The van der Waals surface area contributed by atoms with Crippen LogP contribution in [-0.2, 0) is 0 Å². The smallest absolute Gasteiger partial charge is 0.257 e. The number of carbonyl (C=O) groups is 1. The fraction of sp³-hybridized carbons (Fsp3) is 0.385. The molecule has 0 bridgehead atoms. The molecule has 1 aliphatic heterocycles. The lowest BCUT2D eigenvalue weighted by atomic mass is 9.60. The van der Waals surface area contributed by atoms with Crippen molar-refractivity contribution in [3.8, 4) is 17.0 Å². The van der Waals surface area contributed by atoms with E-state index in [2.05, 4.69) is 0 Å². The van der Waals surface area contributed by atoms with Crippen LogP contribution in [0.2, 0.25) is 0 Å². The minimum atomic E-state index is -0.417. The Kier molecular flexibility index (Phi) is 5.22. The summed E-state index contributed by atoms with van der Waals surface area (Å²) in [6, 6.07) is 11.1. The molecule has 172 valence electrons. The first-order valence-electron chi connectivity index (χ1n) is 11.3. The number of hydrogen-bond acceptors (Lipinski definition) is 3. The van der Waals surface area contributed by atoms with E-state index in [1.165, 1.54) is 30.3 Å². The summed E-state index contributed by atoms with van der Waals surface area (Å²) in [5, 5.41) is 4.79. The fourth-order valence-corrected chi connectivity index (χ4v) is 5.26. The van der Waals surface area contributed by atoms with Crippen molar-refractivity contribution in [1.29, 1.82) is 0 Å². The molecule has 2 aromatic carbocycles. The van der Waals surface area contributed by atoms with E-state index in [0.717, 1.165) is 35.4 Å². The van der Waals surface area contributed by atoms with Crippen LogP contribution < -0.4 is 4.74 Å². The van der Waals surface area contributed by atoms with Gasteiger partial charge in [-0.05, 0) is 69.5 Å². The largest absolute Gasteiger partial charge is 0.493 e. The van der Waals surface area contributed by atoms with Gasteiger partial charge in [-0.1, -0.05) is 6.07 Å². The first-order valence-corrected chi connectivity index (χ1v) is 11.3. The van der Waals surface area contributed by atoms with Crippen LogP contribution in [0, 0.1) is 30.9 Å². The Morgan fingerprint density at radius 3 is 2.52 bits per heavy atom. The van der Waals surface area contributed by atoms with Crippen molar-refractivity contribution in [3.63, 3.8) is 0 Å². The van der Waals surface area contributed by atoms with Gasteiger partial charge in [0.1, 0.15) is 17.4 Å². The van der Waals surface area contributed by atoms with E-state index in [1.807, 2.05) is 36.4 Å². The topological polar surface area (TPSA) is 47.4 Å². The highest BCUT2D eigenvalue weighted by molar-refractivity contribution is 5.97. The second-order valence-corrected chi connectivity index (χ2v) is 9.37. The van der Waals surface area contributed by atoms with E-state index in [1.54, 1.807) is 6.07 Å². The first-order chi connectivity index (χ1) is 15.8. The molecule has 1 saturated heterocycles. The fourth-order valence-electron chi connectivity index (χ4n) is 5.26. The third-order valence-corrected chi connectivity index (χ3v) is 6.89. The first kappa shape index (κ1) is 21.6. The maximum atomic E-state index is 13.8. The molecule has 1 amide bonds. The highest BCUT2D eigenvalue weighted by Gasteiger charge is 2.54. The summed E-state index contributed by atoms with van der Waals surface area (Å²) in [7, 11) is 0. The number of ether oxygens (including phenoxy) is 1. The third-order valence-electron chi connectivity index (χ3n) is 6.89. The highest BCUT2D eigenvalue weighted by atomic mass is 19.1. The van der Waals surface area contributed by atoms with Gasteiger partial charge in [-0.2, -0.15) is 5.10 Å². The average Bonchev–Trinajstić information content (AvgIpc) is 3.09. The molecule has 5 nitrogen and oxygen atoms in total. The highest BCUT2D eigenvalue weighted by Crippen LogP contribution is 2.54. The van der Waals surface area contributed by atoms with Gasteiger partial charge in [-0.15, -0.1) is 0 Å². The molecule has 0 radical (unpaired) electrons. The van der Waals surface area contributed by atoms with Gasteiger partial charge >= 0.3 is 0 Å². The van der Waals surface area contributed by atoms with Gasteiger partial charge in [-0.25, -0.2) is 8.78 Å². The van der Waals surface area contributed by atoms with Crippen LogP contribution in [0.25, 0.3) is 11.3 Å². The number of likely N-dealkylation sites (tertiary alicyclic amines) is 1. The Hall–Kier alpha value is -3.22. The third kappa shape index (κ3) is 3.79. The van der Waals surface area contributed by atoms with Crippen molar-refractivity contribution in [3.05, 3.63) is 70.9 Å². The molecule has 1 spiro atoms. The summed E-state index contributed by atoms with van der Waals surface area (Å²) in [6.07, 6.45) is 1.89. The van der Waals surface area contributed by atoms with Gasteiger partial charge in [0.2, 0.25) is 0 Å². The van der Waals surface area contributed by atoms with Crippen molar-refractivity contribution >= 4 is 5.91 Å². The predicted octanol–water partition coefficient (Wildman–Crippen LogP) is 5.32. The Morgan fingerprint density at radius 2 is 1.79 bits per heavy atom. The number of aromatic nitrogens is 2. The van der Waals surface area contributed by atoms with Gasteiger partial charge in [0.25, 0.3) is 5.91 Å². The lowest BCUT2D eigenvalue weighted by molar-refractivity contribution is -0.0743. The summed E-state index contributed by atoms with van der Waals surface area (Å²) in [5.74, 6) is -0.508.